The van der Waals surface area contributed by atoms with Crippen LogP contribution in [0.25, 0.3) is 0 Å². The Bertz CT molecular complexity index is 379. The van der Waals surface area contributed by atoms with Gasteiger partial charge in [-0.05, 0) is 20.8 Å². The molecule has 0 unspecified atom stereocenters. The van der Waals surface area contributed by atoms with Crippen LogP contribution in [0.3, 0.4) is 0 Å². The molecule has 7 nitrogen and oxygen atoms in total. The highest BCUT2D eigenvalue weighted by molar-refractivity contribution is 7.64. The first kappa shape index (κ1) is 21.6. The van der Waals surface area contributed by atoms with Crippen LogP contribution in [0.4, 0.5) is 0 Å². The van der Waals surface area contributed by atoms with Gasteiger partial charge in [0.05, 0.1) is 7.14 Å². The second-order valence-corrected chi connectivity index (χ2v) is 8.80. The third kappa shape index (κ3) is 10.9. The molecule has 0 spiro atoms. The van der Waals surface area contributed by atoms with Gasteiger partial charge in [-0.25, -0.2) is 0 Å². The zero-order chi connectivity index (χ0) is 17.7. The van der Waals surface area contributed by atoms with Crippen molar-refractivity contribution in [2.75, 3.05) is 38.1 Å². The standard InChI is InChI=1S/C15H30N3O4P/c1-4-16-13(19)7-10-23(22,11-8-14(20)17-5-2)12-9-15(21)18-6-3/h4-12H2,1-3H3,(H,16,19)(H,17,20)(H,18,21). The lowest BCUT2D eigenvalue weighted by Crippen LogP contribution is -2.26. The van der Waals surface area contributed by atoms with Crippen LogP contribution < -0.4 is 16.0 Å². The number of rotatable bonds is 12. The Morgan fingerprint density at radius 2 is 0.913 bits per heavy atom. The number of carbonyl (C=O) groups is 3. The van der Waals surface area contributed by atoms with Crippen molar-refractivity contribution >= 4 is 24.9 Å². The van der Waals surface area contributed by atoms with Crippen LogP contribution in [0.5, 0.6) is 0 Å². The molecule has 0 aliphatic heterocycles. The van der Waals surface area contributed by atoms with Gasteiger partial charge in [-0.3, -0.25) is 14.4 Å². The molecule has 0 aliphatic carbocycles. The summed E-state index contributed by atoms with van der Waals surface area (Å²) in [5, 5.41) is 8.01. The van der Waals surface area contributed by atoms with Gasteiger partial charge < -0.3 is 20.5 Å². The highest BCUT2D eigenvalue weighted by Crippen LogP contribution is 2.47. The zero-order valence-corrected chi connectivity index (χ0v) is 15.3. The van der Waals surface area contributed by atoms with Gasteiger partial charge in [0.15, 0.2) is 0 Å². The molecule has 0 aromatic rings. The second kappa shape index (κ2) is 12.1. The molecule has 0 bridgehead atoms. The Morgan fingerprint density at radius 1 is 0.652 bits per heavy atom. The molecular weight excluding hydrogens is 317 g/mol. The van der Waals surface area contributed by atoms with E-state index in [1.807, 2.05) is 20.8 Å². The largest absolute Gasteiger partial charge is 0.356 e. The lowest BCUT2D eigenvalue weighted by Gasteiger charge is -2.18. The Kier molecular flexibility index (Phi) is 11.4. The van der Waals surface area contributed by atoms with Gasteiger partial charge in [0.25, 0.3) is 0 Å². The second-order valence-electron chi connectivity index (χ2n) is 5.34. The van der Waals surface area contributed by atoms with Crippen molar-refractivity contribution < 1.29 is 18.9 Å². The van der Waals surface area contributed by atoms with E-state index in [9.17, 15) is 18.9 Å². The van der Waals surface area contributed by atoms with Crippen LogP contribution in [0.2, 0.25) is 0 Å². The minimum absolute atomic E-state index is 0.149. The summed E-state index contributed by atoms with van der Waals surface area (Å²) in [5.41, 5.74) is 0. The maximum Gasteiger partial charge on any atom is 0.220 e. The Balaban J connectivity index is 4.61. The maximum absolute atomic E-state index is 13.0. The summed E-state index contributed by atoms with van der Waals surface area (Å²) in [5.74, 6) is -0.448. The SMILES string of the molecule is CCNC(=O)CCP(=O)(CCC(=O)NCC)CCC(=O)NCC. The number of hydrogen-bond donors (Lipinski definition) is 3. The highest BCUT2D eigenvalue weighted by atomic mass is 31.2. The van der Waals surface area contributed by atoms with E-state index in [4.69, 9.17) is 0 Å². The van der Waals surface area contributed by atoms with Crippen LogP contribution in [-0.4, -0.2) is 55.8 Å². The summed E-state index contributed by atoms with van der Waals surface area (Å²) in [6.45, 7) is 7.05. The molecule has 0 atom stereocenters. The summed E-state index contributed by atoms with van der Waals surface area (Å²) in [6.07, 6.45) is 1.19. The lowest BCUT2D eigenvalue weighted by molar-refractivity contribution is -0.121. The summed E-state index contributed by atoms with van der Waals surface area (Å²) in [6, 6.07) is 0. The molecule has 0 radical (unpaired) electrons. The van der Waals surface area contributed by atoms with E-state index in [0.717, 1.165) is 0 Å². The number of amides is 3. The highest BCUT2D eigenvalue weighted by Gasteiger charge is 2.25. The van der Waals surface area contributed by atoms with E-state index >= 15 is 0 Å². The van der Waals surface area contributed by atoms with Crippen LogP contribution in [0.15, 0.2) is 0 Å². The van der Waals surface area contributed by atoms with Gasteiger partial charge in [0, 0.05) is 57.4 Å². The van der Waals surface area contributed by atoms with Crippen LogP contribution in [-0.2, 0) is 18.9 Å². The predicted molar refractivity (Wildman–Crippen MR) is 92.1 cm³/mol. The molecule has 23 heavy (non-hydrogen) atoms. The van der Waals surface area contributed by atoms with Crippen molar-refractivity contribution in [2.24, 2.45) is 0 Å². The normalized spacial score (nSPS) is 10.9. The van der Waals surface area contributed by atoms with Crippen LogP contribution in [0, 0.1) is 0 Å². The first-order valence-corrected chi connectivity index (χ1v) is 10.5. The smallest absolute Gasteiger partial charge is 0.220 e. The first-order chi connectivity index (χ1) is 10.9. The molecule has 134 valence electrons. The minimum atomic E-state index is -2.73. The molecule has 0 saturated carbocycles. The summed E-state index contributed by atoms with van der Waals surface area (Å²) in [4.78, 5) is 34.7. The van der Waals surface area contributed by atoms with E-state index in [0.29, 0.717) is 19.6 Å². The molecule has 0 rings (SSSR count). The van der Waals surface area contributed by atoms with Gasteiger partial charge in [0.1, 0.15) is 0 Å². The Morgan fingerprint density at radius 3 is 1.13 bits per heavy atom. The monoisotopic (exact) mass is 347 g/mol. The molecule has 0 fully saturated rings. The molecule has 3 amide bonds. The van der Waals surface area contributed by atoms with Crippen LogP contribution in [0.1, 0.15) is 40.0 Å². The Hall–Kier alpha value is -1.36. The summed E-state index contributed by atoms with van der Waals surface area (Å²) in [7, 11) is -2.73. The third-order valence-electron chi connectivity index (χ3n) is 3.36. The number of nitrogens with one attached hydrogen (secondary N) is 3. The fourth-order valence-electron chi connectivity index (χ4n) is 2.11. The first-order valence-electron chi connectivity index (χ1n) is 8.24. The van der Waals surface area contributed by atoms with Gasteiger partial charge in [0.2, 0.25) is 17.7 Å². The van der Waals surface area contributed by atoms with Crippen molar-refractivity contribution in [2.45, 2.75) is 40.0 Å². The molecule has 3 N–H and O–H groups in total. The van der Waals surface area contributed by atoms with Crippen LogP contribution >= 0.6 is 7.14 Å². The molecule has 0 aliphatic rings. The quantitative estimate of drug-likeness (QED) is 0.457. The van der Waals surface area contributed by atoms with E-state index in [2.05, 4.69) is 16.0 Å². The van der Waals surface area contributed by atoms with Gasteiger partial charge in [-0.1, -0.05) is 0 Å². The maximum atomic E-state index is 13.0. The van der Waals surface area contributed by atoms with Crippen molar-refractivity contribution in [1.82, 2.24) is 16.0 Å². The topological polar surface area (TPSA) is 104 Å². The van der Waals surface area contributed by atoms with Crippen molar-refractivity contribution in [1.29, 1.82) is 0 Å². The molecule has 0 heterocycles. The average Bonchev–Trinajstić information content (AvgIpc) is 2.50. The molecule has 0 saturated heterocycles. The molecule has 8 heteroatoms. The summed E-state index contributed by atoms with van der Waals surface area (Å²) >= 11 is 0. The Labute approximate surface area is 138 Å². The molecule has 0 aromatic heterocycles. The predicted octanol–water partition coefficient (Wildman–Crippen LogP) is 0.928. The van der Waals surface area contributed by atoms with Gasteiger partial charge >= 0.3 is 0 Å². The minimum Gasteiger partial charge on any atom is -0.356 e. The van der Waals surface area contributed by atoms with Gasteiger partial charge in [-0.15, -0.1) is 0 Å². The van der Waals surface area contributed by atoms with E-state index in [1.54, 1.807) is 0 Å². The fraction of sp³-hybridized carbons (Fsp3) is 0.800. The van der Waals surface area contributed by atoms with Crippen molar-refractivity contribution in [3.8, 4) is 0 Å². The average molecular weight is 347 g/mol. The third-order valence-corrected chi connectivity index (χ3v) is 6.48. The van der Waals surface area contributed by atoms with E-state index in [-0.39, 0.29) is 55.5 Å². The van der Waals surface area contributed by atoms with E-state index < -0.39 is 7.14 Å². The fourth-order valence-corrected chi connectivity index (χ4v) is 4.61. The molecular formula is C15H30N3O4P. The number of carbonyl (C=O) groups excluding carboxylic acids is 3. The van der Waals surface area contributed by atoms with Crippen molar-refractivity contribution in [3.63, 3.8) is 0 Å². The molecule has 0 aromatic carbocycles. The number of hydrogen-bond acceptors (Lipinski definition) is 4. The van der Waals surface area contributed by atoms with E-state index in [1.165, 1.54) is 0 Å². The van der Waals surface area contributed by atoms with Crippen molar-refractivity contribution in [3.05, 3.63) is 0 Å². The van der Waals surface area contributed by atoms with Gasteiger partial charge in [-0.2, -0.15) is 0 Å². The lowest BCUT2D eigenvalue weighted by atomic mass is 10.4. The zero-order valence-electron chi connectivity index (χ0n) is 14.4. The summed E-state index contributed by atoms with van der Waals surface area (Å²) < 4.78 is 13.0.